The molecular weight excluding hydrogens is 370 g/mol. The molecule has 4 nitrogen and oxygen atoms in total. The molecule has 0 aromatic heterocycles. The summed E-state index contributed by atoms with van der Waals surface area (Å²) in [5.41, 5.74) is 3.76. The van der Waals surface area contributed by atoms with Crippen LogP contribution in [0, 0.1) is 17.8 Å². The summed E-state index contributed by atoms with van der Waals surface area (Å²) in [5, 5.41) is 4.69. The van der Waals surface area contributed by atoms with E-state index in [-0.39, 0.29) is 11.8 Å². The van der Waals surface area contributed by atoms with Crippen molar-refractivity contribution in [1.29, 1.82) is 0 Å². The fraction of sp³-hybridized carbons (Fsp3) is 0.500. The lowest BCUT2D eigenvalue weighted by Gasteiger charge is -2.60. The smallest absolute Gasteiger partial charge is 0.227 e. The maximum atomic E-state index is 6.21. The van der Waals surface area contributed by atoms with Crippen LogP contribution in [0.3, 0.4) is 0 Å². The largest absolute Gasteiger partial charge is 0.378 e. The van der Waals surface area contributed by atoms with E-state index in [9.17, 15) is 0 Å². The van der Waals surface area contributed by atoms with Gasteiger partial charge >= 0.3 is 0 Å². The first-order chi connectivity index (χ1) is 14.6. The zero-order valence-electron chi connectivity index (χ0n) is 18.0. The number of benzene rings is 2. The Morgan fingerprint density at radius 3 is 2.03 bits per heavy atom. The standard InChI is InChI=1S/C26H31N3O/c1-28(2)23-10-8-22(9-11-23)25-29(24(27-30-25)21-6-4-3-5-7-21)26-15-18-12-19(16-26)14-20(13-18)17-26/h3-11,18-20,25H,12-17H2,1-2H3. The summed E-state index contributed by atoms with van der Waals surface area (Å²) in [6.45, 7) is 0. The van der Waals surface area contributed by atoms with Crippen LogP contribution >= 0.6 is 0 Å². The first-order valence-corrected chi connectivity index (χ1v) is 11.5. The molecule has 0 amide bonds. The van der Waals surface area contributed by atoms with Gasteiger partial charge in [0.15, 0.2) is 5.84 Å². The Labute approximate surface area is 179 Å². The van der Waals surface area contributed by atoms with Crippen LogP contribution < -0.4 is 4.90 Å². The molecule has 4 aliphatic carbocycles. The van der Waals surface area contributed by atoms with Crippen molar-refractivity contribution in [1.82, 2.24) is 4.90 Å². The van der Waals surface area contributed by atoms with Gasteiger partial charge in [-0.2, -0.15) is 0 Å². The van der Waals surface area contributed by atoms with E-state index in [1.807, 2.05) is 0 Å². The van der Waals surface area contributed by atoms with Gasteiger partial charge in [-0.15, -0.1) is 0 Å². The molecule has 0 saturated heterocycles. The number of rotatable bonds is 4. The first kappa shape index (κ1) is 18.3. The van der Waals surface area contributed by atoms with Crippen molar-refractivity contribution in [3.63, 3.8) is 0 Å². The normalized spacial score (nSPS) is 34.1. The van der Waals surface area contributed by atoms with Crippen molar-refractivity contribution in [3.05, 3.63) is 65.7 Å². The highest BCUT2D eigenvalue weighted by atomic mass is 16.7. The Bertz CT molecular complexity index is 915. The van der Waals surface area contributed by atoms with Crippen molar-refractivity contribution >= 4 is 11.5 Å². The third kappa shape index (κ3) is 2.84. The molecule has 5 aliphatic rings. The summed E-state index contributed by atoms with van der Waals surface area (Å²) >= 11 is 0. The molecule has 0 radical (unpaired) electrons. The molecule has 1 unspecified atom stereocenters. The fourth-order valence-corrected chi connectivity index (χ4v) is 7.06. The molecule has 7 rings (SSSR count). The van der Waals surface area contributed by atoms with Crippen LogP contribution in [-0.4, -0.2) is 30.4 Å². The second-order valence-electron chi connectivity index (χ2n) is 10.2. The summed E-state index contributed by atoms with van der Waals surface area (Å²) in [7, 11) is 4.17. The van der Waals surface area contributed by atoms with Crippen LogP contribution in [0.4, 0.5) is 5.69 Å². The Morgan fingerprint density at radius 2 is 1.47 bits per heavy atom. The number of hydrogen-bond donors (Lipinski definition) is 0. The summed E-state index contributed by atoms with van der Waals surface area (Å²) < 4.78 is 0. The van der Waals surface area contributed by atoms with Gasteiger partial charge in [-0.05, 0) is 68.4 Å². The molecular formula is C26H31N3O. The zero-order valence-corrected chi connectivity index (χ0v) is 18.0. The monoisotopic (exact) mass is 401 g/mol. The average Bonchev–Trinajstić information content (AvgIpc) is 3.20. The molecule has 156 valence electrons. The zero-order chi connectivity index (χ0) is 20.3. The molecule has 4 saturated carbocycles. The van der Waals surface area contributed by atoms with Crippen molar-refractivity contribution in [3.8, 4) is 0 Å². The maximum absolute atomic E-state index is 6.21. The lowest BCUT2D eigenvalue weighted by Crippen LogP contribution is -2.61. The highest BCUT2D eigenvalue weighted by Gasteiger charge is 2.57. The molecule has 1 atom stereocenters. The van der Waals surface area contributed by atoms with E-state index in [1.54, 1.807) is 0 Å². The Hall–Kier alpha value is -2.49. The van der Waals surface area contributed by atoms with E-state index in [0.29, 0.717) is 0 Å². The highest BCUT2D eigenvalue weighted by molar-refractivity contribution is 5.99. The minimum Gasteiger partial charge on any atom is -0.378 e. The highest BCUT2D eigenvalue weighted by Crippen LogP contribution is 2.60. The average molecular weight is 402 g/mol. The SMILES string of the molecule is CN(C)c1ccc(C2ON=C(c3ccccc3)N2C23CC4CC(CC(C4)C2)C3)cc1. The third-order valence-corrected chi connectivity index (χ3v) is 7.95. The third-order valence-electron chi connectivity index (χ3n) is 7.95. The molecule has 1 heterocycles. The van der Waals surface area contributed by atoms with Gasteiger partial charge in [0, 0.05) is 36.4 Å². The van der Waals surface area contributed by atoms with Crippen molar-refractivity contribution < 1.29 is 4.84 Å². The van der Waals surface area contributed by atoms with Gasteiger partial charge in [-0.1, -0.05) is 47.6 Å². The quantitative estimate of drug-likeness (QED) is 0.685. The van der Waals surface area contributed by atoms with Crippen LogP contribution in [0.5, 0.6) is 0 Å². The molecule has 2 aromatic carbocycles. The van der Waals surface area contributed by atoms with Gasteiger partial charge < -0.3 is 14.6 Å². The van der Waals surface area contributed by atoms with Crippen LogP contribution in [-0.2, 0) is 4.84 Å². The maximum Gasteiger partial charge on any atom is 0.227 e. The van der Waals surface area contributed by atoms with Gasteiger partial charge in [-0.3, -0.25) is 0 Å². The fourth-order valence-electron chi connectivity index (χ4n) is 7.06. The summed E-state index contributed by atoms with van der Waals surface area (Å²) in [6, 6.07) is 19.5. The predicted octanol–water partition coefficient (Wildman–Crippen LogP) is 5.41. The molecule has 4 bridgehead atoms. The molecule has 4 heteroatoms. The Balaban J connectivity index is 1.41. The number of nitrogens with zero attached hydrogens (tertiary/aromatic N) is 3. The molecule has 0 spiro atoms. The summed E-state index contributed by atoms with van der Waals surface area (Å²) in [6.07, 6.45) is 8.06. The van der Waals surface area contributed by atoms with Gasteiger partial charge in [-0.25, -0.2) is 0 Å². The van der Waals surface area contributed by atoms with Crippen LogP contribution in [0.2, 0.25) is 0 Å². The topological polar surface area (TPSA) is 28.1 Å². The van der Waals surface area contributed by atoms with E-state index >= 15 is 0 Å². The first-order valence-electron chi connectivity index (χ1n) is 11.5. The molecule has 0 N–H and O–H groups in total. The Kier molecular flexibility index (Phi) is 4.12. The van der Waals surface area contributed by atoms with Crippen LogP contribution in [0.25, 0.3) is 0 Å². The minimum absolute atomic E-state index is 0.132. The van der Waals surface area contributed by atoms with Crippen LogP contribution in [0.1, 0.15) is 55.9 Å². The summed E-state index contributed by atoms with van der Waals surface area (Å²) in [4.78, 5) is 10.9. The lowest BCUT2D eigenvalue weighted by molar-refractivity contribution is -0.116. The van der Waals surface area contributed by atoms with E-state index in [4.69, 9.17) is 9.99 Å². The summed E-state index contributed by atoms with van der Waals surface area (Å²) in [5.74, 6) is 3.67. The van der Waals surface area contributed by atoms with Crippen molar-refractivity contribution in [2.45, 2.75) is 50.3 Å². The van der Waals surface area contributed by atoms with E-state index < -0.39 is 0 Å². The number of oxime groups is 1. The minimum atomic E-state index is -0.132. The lowest BCUT2D eigenvalue weighted by atomic mass is 9.52. The number of amidine groups is 1. The van der Waals surface area contributed by atoms with Gasteiger partial charge in [0.25, 0.3) is 0 Å². The van der Waals surface area contributed by atoms with E-state index in [2.05, 4.69) is 78.5 Å². The van der Waals surface area contributed by atoms with Gasteiger partial charge in [0.05, 0.1) is 0 Å². The molecule has 30 heavy (non-hydrogen) atoms. The predicted molar refractivity (Wildman–Crippen MR) is 120 cm³/mol. The molecule has 4 fully saturated rings. The van der Waals surface area contributed by atoms with Crippen LogP contribution in [0.15, 0.2) is 59.8 Å². The van der Waals surface area contributed by atoms with E-state index in [1.165, 1.54) is 55.3 Å². The number of hydrogen-bond acceptors (Lipinski definition) is 4. The molecule has 2 aromatic rings. The molecule has 1 aliphatic heterocycles. The van der Waals surface area contributed by atoms with Gasteiger partial charge in [0.2, 0.25) is 6.23 Å². The van der Waals surface area contributed by atoms with Crippen molar-refractivity contribution in [2.24, 2.45) is 22.9 Å². The number of anilines is 1. The second-order valence-corrected chi connectivity index (χ2v) is 10.2. The van der Waals surface area contributed by atoms with Gasteiger partial charge in [0.1, 0.15) is 0 Å². The van der Waals surface area contributed by atoms with Crippen molar-refractivity contribution in [2.75, 3.05) is 19.0 Å². The van der Waals surface area contributed by atoms with E-state index in [0.717, 1.165) is 23.6 Å². The Morgan fingerprint density at radius 1 is 0.867 bits per heavy atom. The second kappa shape index (κ2) is 6.76.